The third kappa shape index (κ3) is 5.02. The van der Waals surface area contributed by atoms with E-state index >= 15 is 0 Å². The molecule has 0 saturated carbocycles. The summed E-state index contributed by atoms with van der Waals surface area (Å²) in [5.74, 6) is -0.254. The van der Waals surface area contributed by atoms with E-state index in [1.165, 1.54) is 11.6 Å². The number of hydrogen-bond acceptors (Lipinski definition) is 4. The van der Waals surface area contributed by atoms with Gasteiger partial charge in [0, 0.05) is 36.8 Å². The number of rotatable bonds is 8. The predicted molar refractivity (Wildman–Crippen MR) is 117 cm³/mol. The summed E-state index contributed by atoms with van der Waals surface area (Å²) in [5.41, 5.74) is 1.82. The first kappa shape index (κ1) is 21.7. The van der Waals surface area contributed by atoms with Gasteiger partial charge in [0.05, 0.1) is 17.6 Å². The topological polar surface area (TPSA) is 59.0 Å². The van der Waals surface area contributed by atoms with Crippen LogP contribution in [0.1, 0.15) is 24.5 Å². The van der Waals surface area contributed by atoms with Crippen molar-refractivity contribution < 1.29 is 23.8 Å². The quantitative estimate of drug-likeness (QED) is 0.598. The van der Waals surface area contributed by atoms with Crippen LogP contribution in [0.2, 0.25) is 5.02 Å². The van der Waals surface area contributed by atoms with Crippen molar-refractivity contribution in [3.05, 3.63) is 63.9 Å². The van der Waals surface area contributed by atoms with Gasteiger partial charge in [-0.25, -0.2) is 4.39 Å². The second kappa shape index (κ2) is 8.89. The van der Waals surface area contributed by atoms with Crippen molar-refractivity contribution >= 4 is 23.6 Å². The summed E-state index contributed by atoms with van der Waals surface area (Å²) in [7, 11) is 0. The van der Waals surface area contributed by atoms with Crippen molar-refractivity contribution in [2.24, 2.45) is 5.41 Å². The molecule has 0 aliphatic carbocycles. The lowest BCUT2D eigenvalue weighted by Gasteiger charge is -2.45. The highest BCUT2D eigenvalue weighted by molar-refractivity contribution is 6.30. The molecule has 5 nitrogen and oxygen atoms in total. The van der Waals surface area contributed by atoms with Crippen LogP contribution in [0.15, 0.2) is 42.0 Å². The summed E-state index contributed by atoms with van der Waals surface area (Å²) in [5, 5.41) is 9.94. The molecule has 1 saturated heterocycles. The minimum Gasteiger partial charge on any atom is -0.493 e. The number of carboxylic acids is 1. The summed E-state index contributed by atoms with van der Waals surface area (Å²) in [4.78, 5) is 13.3. The molecule has 0 bridgehead atoms. The molecule has 2 aliphatic heterocycles. The van der Waals surface area contributed by atoms with E-state index in [-0.39, 0.29) is 5.82 Å². The Labute approximate surface area is 186 Å². The van der Waals surface area contributed by atoms with Crippen LogP contribution >= 0.6 is 11.6 Å². The van der Waals surface area contributed by atoms with Gasteiger partial charge in [-0.2, -0.15) is 0 Å². The lowest BCUT2D eigenvalue weighted by Crippen LogP contribution is -2.59. The molecule has 2 aromatic rings. The Hall–Kier alpha value is -2.57. The molecule has 2 heterocycles. The Morgan fingerprint density at radius 3 is 2.74 bits per heavy atom. The number of carboxylic acid groups (broad SMARTS) is 1. The summed E-state index contributed by atoms with van der Waals surface area (Å²) in [6.45, 7) is 4.11. The van der Waals surface area contributed by atoms with Crippen LogP contribution in [-0.4, -0.2) is 48.8 Å². The molecule has 1 N–H and O–H groups in total. The zero-order chi connectivity index (χ0) is 22.0. The minimum absolute atomic E-state index is 0.354. The first-order valence-corrected chi connectivity index (χ1v) is 10.7. The number of halogens is 2. The van der Waals surface area contributed by atoms with Gasteiger partial charge < -0.3 is 14.6 Å². The molecule has 164 valence electrons. The maximum absolute atomic E-state index is 14.7. The van der Waals surface area contributed by atoms with E-state index < -0.39 is 11.4 Å². The normalized spacial score (nSPS) is 17.2. The van der Waals surface area contributed by atoms with Gasteiger partial charge in [-0.1, -0.05) is 23.7 Å². The van der Waals surface area contributed by atoms with Crippen LogP contribution in [0.3, 0.4) is 0 Å². The highest BCUT2D eigenvalue weighted by Crippen LogP contribution is 2.35. The van der Waals surface area contributed by atoms with Gasteiger partial charge in [-0.15, -0.1) is 0 Å². The number of aliphatic carboxylic acids is 1. The molecule has 2 aliphatic rings. The van der Waals surface area contributed by atoms with E-state index in [0.717, 1.165) is 18.4 Å². The molecule has 7 heteroatoms. The van der Waals surface area contributed by atoms with Crippen molar-refractivity contribution in [1.29, 1.82) is 0 Å². The Morgan fingerprint density at radius 2 is 2.03 bits per heavy atom. The highest BCUT2D eigenvalue weighted by atomic mass is 35.5. The predicted octanol–water partition coefficient (Wildman–Crippen LogP) is 4.67. The minimum atomic E-state index is -0.783. The molecular weight excluding hydrogens is 421 g/mol. The second-order valence-electron chi connectivity index (χ2n) is 8.50. The molecule has 0 amide bonds. The molecule has 0 radical (unpaired) electrons. The summed E-state index contributed by atoms with van der Waals surface area (Å²) in [6, 6.07) is 10.8. The SMILES string of the molecule is CC1(C(=O)O)CN(CC2=Cc3c(F)cc(OCCCc4ccc(Cl)cc4)cc3OC2)C1. The van der Waals surface area contributed by atoms with Crippen molar-refractivity contribution in [3.8, 4) is 11.5 Å². The maximum Gasteiger partial charge on any atom is 0.311 e. The Morgan fingerprint density at radius 1 is 1.29 bits per heavy atom. The lowest BCUT2D eigenvalue weighted by molar-refractivity contribution is -0.158. The molecule has 1 fully saturated rings. The number of benzene rings is 2. The van der Waals surface area contributed by atoms with Crippen LogP contribution in [-0.2, 0) is 11.2 Å². The van der Waals surface area contributed by atoms with Gasteiger partial charge in [0.2, 0.25) is 0 Å². The number of aryl methyl sites for hydroxylation is 1. The third-order valence-corrected chi connectivity index (χ3v) is 5.96. The number of likely N-dealkylation sites (tertiary alicyclic amines) is 1. The number of ether oxygens (including phenoxy) is 2. The lowest BCUT2D eigenvalue weighted by atomic mass is 9.82. The number of fused-ring (bicyclic) bond motifs is 1. The Bertz CT molecular complexity index is 999. The van der Waals surface area contributed by atoms with Gasteiger partial charge in [0.1, 0.15) is 23.9 Å². The van der Waals surface area contributed by atoms with Crippen LogP contribution < -0.4 is 9.47 Å². The molecule has 4 rings (SSSR count). The maximum atomic E-state index is 14.7. The summed E-state index contributed by atoms with van der Waals surface area (Å²) >= 11 is 5.89. The first-order valence-electron chi connectivity index (χ1n) is 10.3. The monoisotopic (exact) mass is 445 g/mol. The van der Waals surface area contributed by atoms with Crippen molar-refractivity contribution in [2.75, 3.05) is 32.8 Å². The van der Waals surface area contributed by atoms with Gasteiger partial charge in [-0.05, 0) is 49.1 Å². The van der Waals surface area contributed by atoms with Crippen LogP contribution in [0.25, 0.3) is 6.08 Å². The van der Waals surface area contributed by atoms with E-state index in [0.29, 0.717) is 54.9 Å². The average Bonchev–Trinajstić information content (AvgIpc) is 2.71. The summed E-state index contributed by atoms with van der Waals surface area (Å²) < 4.78 is 26.2. The van der Waals surface area contributed by atoms with E-state index in [1.54, 1.807) is 19.1 Å². The zero-order valence-corrected chi connectivity index (χ0v) is 18.1. The fourth-order valence-corrected chi connectivity index (χ4v) is 4.14. The fraction of sp³-hybridized carbons (Fsp3) is 0.375. The molecule has 31 heavy (non-hydrogen) atoms. The van der Waals surface area contributed by atoms with E-state index in [4.69, 9.17) is 21.1 Å². The van der Waals surface area contributed by atoms with Gasteiger partial charge in [0.25, 0.3) is 0 Å². The number of nitrogens with zero attached hydrogens (tertiary/aromatic N) is 1. The fourth-order valence-electron chi connectivity index (χ4n) is 4.01. The first-order chi connectivity index (χ1) is 14.8. The molecule has 0 aromatic heterocycles. The number of carbonyl (C=O) groups is 1. The van der Waals surface area contributed by atoms with Crippen molar-refractivity contribution in [2.45, 2.75) is 19.8 Å². The molecular formula is C24H25ClFNO4. The standard InChI is InChI=1S/C24H25ClFNO4/c1-24(23(28)29)14-27(15-24)12-17-9-20-21(26)10-19(11-22(20)31-13-17)30-8-2-3-16-4-6-18(25)7-5-16/h4-7,9-11H,2-3,8,12-15H2,1H3,(H,28,29). The van der Waals surface area contributed by atoms with Gasteiger partial charge in [-0.3, -0.25) is 9.69 Å². The smallest absolute Gasteiger partial charge is 0.311 e. The Kier molecular flexibility index (Phi) is 6.21. The van der Waals surface area contributed by atoms with Gasteiger partial charge in [0.15, 0.2) is 0 Å². The molecule has 0 unspecified atom stereocenters. The third-order valence-electron chi connectivity index (χ3n) is 5.71. The molecule has 0 spiro atoms. The van der Waals surface area contributed by atoms with Crippen LogP contribution in [0, 0.1) is 11.2 Å². The zero-order valence-electron chi connectivity index (χ0n) is 17.4. The van der Waals surface area contributed by atoms with Crippen molar-refractivity contribution in [1.82, 2.24) is 4.90 Å². The largest absolute Gasteiger partial charge is 0.493 e. The average molecular weight is 446 g/mol. The molecule has 0 atom stereocenters. The van der Waals surface area contributed by atoms with Crippen molar-refractivity contribution in [3.63, 3.8) is 0 Å². The van der Waals surface area contributed by atoms with E-state index in [2.05, 4.69) is 0 Å². The van der Waals surface area contributed by atoms with Crippen LogP contribution in [0.5, 0.6) is 11.5 Å². The second-order valence-corrected chi connectivity index (χ2v) is 8.93. The Balaban J connectivity index is 1.31. The molecule has 2 aromatic carbocycles. The summed E-state index contributed by atoms with van der Waals surface area (Å²) in [6.07, 6.45) is 3.45. The highest BCUT2D eigenvalue weighted by Gasteiger charge is 2.45. The number of hydrogen-bond donors (Lipinski definition) is 1. The van der Waals surface area contributed by atoms with E-state index in [1.807, 2.05) is 29.2 Å². The van der Waals surface area contributed by atoms with Gasteiger partial charge >= 0.3 is 5.97 Å². The van der Waals surface area contributed by atoms with Crippen LogP contribution in [0.4, 0.5) is 4.39 Å². The van der Waals surface area contributed by atoms with E-state index in [9.17, 15) is 14.3 Å².